The zero-order chi connectivity index (χ0) is 19.0. The van der Waals surface area contributed by atoms with Crippen molar-refractivity contribution >= 4 is 29.1 Å². The van der Waals surface area contributed by atoms with Crippen LogP contribution in [0.1, 0.15) is 27.2 Å². The molecule has 1 aromatic rings. The fourth-order valence-electron chi connectivity index (χ4n) is 2.11. The van der Waals surface area contributed by atoms with Crippen molar-refractivity contribution in [2.75, 3.05) is 11.9 Å². The zero-order valence-electron chi connectivity index (χ0n) is 14.4. The molecule has 0 unspecified atom stereocenters. The molecule has 9 heteroatoms. The quantitative estimate of drug-likeness (QED) is 0.479. The molecule has 25 heavy (non-hydrogen) atoms. The molecule has 0 saturated heterocycles. The van der Waals surface area contributed by atoms with Gasteiger partial charge in [0.25, 0.3) is 5.69 Å². The van der Waals surface area contributed by atoms with Crippen LogP contribution < -0.4 is 16.0 Å². The van der Waals surface area contributed by atoms with Crippen LogP contribution in [-0.4, -0.2) is 35.2 Å². The van der Waals surface area contributed by atoms with Gasteiger partial charge >= 0.3 is 0 Å². The second-order valence-electron chi connectivity index (χ2n) is 5.95. The summed E-state index contributed by atoms with van der Waals surface area (Å²) in [4.78, 5) is 45.2. The average molecular weight is 350 g/mol. The van der Waals surface area contributed by atoms with E-state index in [0.29, 0.717) is 12.1 Å². The minimum absolute atomic E-state index is 0.0851. The summed E-state index contributed by atoms with van der Waals surface area (Å²) >= 11 is 0. The molecule has 0 aliphatic rings. The molecule has 0 saturated carbocycles. The van der Waals surface area contributed by atoms with Crippen LogP contribution in [0.4, 0.5) is 11.4 Å². The van der Waals surface area contributed by atoms with Crippen molar-refractivity contribution in [2.24, 2.45) is 5.92 Å². The van der Waals surface area contributed by atoms with Crippen LogP contribution in [0, 0.1) is 16.0 Å². The largest absolute Gasteiger partial charge is 0.345 e. The number of amides is 3. The Bertz CT molecular complexity index is 642. The van der Waals surface area contributed by atoms with Gasteiger partial charge in [0, 0.05) is 24.7 Å². The average Bonchev–Trinajstić information content (AvgIpc) is 2.51. The van der Waals surface area contributed by atoms with E-state index in [0.717, 1.165) is 0 Å². The number of nitro benzene ring substituents is 1. The van der Waals surface area contributed by atoms with E-state index in [2.05, 4.69) is 16.0 Å². The maximum absolute atomic E-state index is 12.1. The lowest BCUT2D eigenvalue weighted by molar-refractivity contribution is -0.384. The first-order valence-corrected chi connectivity index (χ1v) is 7.78. The Kier molecular flexibility index (Phi) is 7.51. The van der Waals surface area contributed by atoms with Gasteiger partial charge in [0.1, 0.15) is 6.04 Å². The van der Waals surface area contributed by atoms with Gasteiger partial charge in [-0.15, -0.1) is 0 Å². The van der Waals surface area contributed by atoms with Crippen molar-refractivity contribution in [3.63, 3.8) is 0 Å². The Morgan fingerprint density at radius 2 is 1.76 bits per heavy atom. The van der Waals surface area contributed by atoms with Gasteiger partial charge in [0.15, 0.2) is 0 Å². The summed E-state index contributed by atoms with van der Waals surface area (Å²) in [7, 11) is 0. The molecule has 136 valence electrons. The monoisotopic (exact) mass is 350 g/mol. The Hall–Kier alpha value is -2.97. The molecule has 3 N–H and O–H groups in total. The predicted octanol–water partition coefficient (Wildman–Crippen LogP) is 1.20. The number of non-ortho nitro benzene ring substituents is 1. The highest BCUT2D eigenvalue weighted by molar-refractivity contribution is 5.95. The number of nitrogens with one attached hydrogen (secondary N) is 3. The smallest absolute Gasteiger partial charge is 0.269 e. The summed E-state index contributed by atoms with van der Waals surface area (Å²) < 4.78 is 0. The van der Waals surface area contributed by atoms with E-state index in [1.54, 1.807) is 0 Å². The van der Waals surface area contributed by atoms with Gasteiger partial charge in [-0.2, -0.15) is 0 Å². The van der Waals surface area contributed by atoms with Gasteiger partial charge in [0.05, 0.1) is 11.5 Å². The number of benzene rings is 1. The molecule has 0 aliphatic heterocycles. The summed E-state index contributed by atoms with van der Waals surface area (Å²) in [5.41, 5.74) is 0.295. The Balaban J connectivity index is 2.54. The molecule has 0 aromatic heterocycles. The normalized spacial score (nSPS) is 11.5. The van der Waals surface area contributed by atoms with Crippen molar-refractivity contribution in [1.29, 1.82) is 0 Å². The van der Waals surface area contributed by atoms with Gasteiger partial charge in [-0.25, -0.2) is 0 Å². The van der Waals surface area contributed by atoms with Gasteiger partial charge in [-0.05, 0) is 24.5 Å². The molecule has 0 aliphatic carbocycles. The molecule has 1 atom stereocenters. The van der Waals surface area contributed by atoms with Crippen LogP contribution in [0.25, 0.3) is 0 Å². The van der Waals surface area contributed by atoms with E-state index >= 15 is 0 Å². The van der Waals surface area contributed by atoms with Crippen molar-refractivity contribution in [2.45, 2.75) is 33.2 Å². The van der Waals surface area contributed by atoms with Crippen LogP contribution >= 0.6 is 0 Å². The van der Waals surface area contributed by atoms with Crippen LogP contribution in [0.2, 0.25) is 0 Å². The fraction of sp³-hybridized carbons (Fsp3) is 0.438. The first-order chi connectivity index (χ1) is 11.7. The van der Waals surface area contributed by atoms with Gasteiger partial charge < -0.3 is 16.0 Å². The van der Waals surface area contributed by atoms with E-state index in [4.69, 9.17) is 0 Å². The first-order valence-electron chi connectivity index (χ1n) is 7.78. The number of nitro groups is 1. The van der Waals surface area contributed by atoms with Crippen molar-refractivity contribution < 1.29 is 19.3 Å². The third-order valence-corrected chi connectivity index (χ3v) is 3.19. The third-order valence-electron chi connectivity index (χ3n) is 3.19. The van der Waals surface area contributed by atoms with E-state index in [1.807, 2.05) is 13.8 Å². The zero-order valence-corrected chi connectivity index (χ0v) is 14.4. The molecule has 0 spiro atoms. The molecule has 0 bridgehead atoms. The van der Waals surface area contributed by atoms with E-state index in [-0.39, 0.29) is 24.1 Å². The minimum atomic E-state index is -0.704. The molecular weight excluding hydrogens is 328 g/mol. The van der Waals surface area contributed by atoms with Gasteiger partial charge in [0.2, 0.25) is 17.7 Å². The molecule has 0 heterocycles. The van der Waals surface area contributed by atoms with E-state index < -0.39 is 22.8 Å². The molecule has 0 fully saturated rings. The highest BCUT2D eigenvalue weighted by Crippen LogP contribution is 2.15. The molecule has 9 nitrogen and oxygen atoms in total. The Labute approximate surface area is 145 Å². The van der Waals surface area contributed by atoms with Gasteiger partial charge in [-0.1, -0.05) is 13.8 Å². The second-order valence-corrected chi connectivity index (χ2v) is 5.95. The molecular formula is C16H22N4O5. The number of carbonyl (C=O) groups is 3. The summed E-state index contributed by atoms with van der Waals surface area (Å²) in [6.45, 7) is 4.89. The number of anilines is 1. The van der Waals surface area contributed by atoms with Crippen LogP contribution in [0.15, 0.2) is 24.3 Å². The summed E-state index contributed by atoms with van der Waals surface area (Å²) in [6, 6.07) is 4.63. The molecule has 3 amide bonds. The summed E-state index contributed by atoms with van der Waals surface area (Å²) in [5.74, 6) is -1.05. The number of nitrogens with zero attached hydrogens (tertiary/aromatic N) is 1. The van der Waals surface area contributed by atoms with Crippen molar-refractivity contribution in [1.82, 2.24) is 10.6 Å². The predicted molar refractivity (Wildman–Crippen MR) is 91.8 cm³/mol. The van der Waals surface area contributed by atoms with Crippen LogP contribution in [0.3, 0.4) is 0 Å². The second kappa shape index (κ2) is 9.36. The number of hydrogen-bond donors (Lipinski definition) is 3. The lowest BCUT2D eigenvalue weighted by Crippen LogP contribution is -2.48. The molecule has 1 aromatic carbocycles. The Morgan fingerprint density at radius 3 is 2.24 bits per heavy atom. The number of hydrogen-bond acceptors (Lipinski definition) is 5. The maximum atomic E-state index is 12.1. The lowest BCUT2D eigenvalue weighted by Gasteiger charge is -2.19. The summed E-state index contributed by atoms with van der Waals surface area (Å²) in [5, 5.41) is 18.1. The van der Waals surface area contributed by atoms with Crippen molar-refractivity contribution in [3.8, 4) is 0 Å². The van der Waals surface area contributed by atoms with E-state index in [1.165, 1.54) is 31.2 Å². The first kappa shape index (κ1) is 20.1. The fourth-order valence-corrected chi connectivity index (χ4v) is 2.11. The number of rotatable bonds is 8. The standard InChI is InChI=1S/C16H22N4O5/c1-10(2)8-14(18-11(3)21)16(23)17-9-15(22)19-12-4-6-13(7-5-12)20(24)25/h4-7,10,14H,8-9H2,1-3H3,(H,17,23)(H,18,21)(H,19,22)/t14-/m0/s1. The molecule has 1 rings (SSSR count). The van der Waals surface area contributed by atoms with E-state index in [9.17, 15) is 24.5 Å². The van der Waals surface area contributed by atoms with Crippen LogP contribution in [-0.2, 0) is 14.4 Å². The minimum Gasteiger partial charge on any atom is -0.345 e. The maximum Gasteiger partial charge on any atom is 0.269 e. The van der Waals surface area contributed by atoms with Crippen molar-refractivity contribution in [3.05, 3.63) is 34.4 Å². The van der Waals surface area contributed by atoms with Gasteiger partial charge in [-0.3, -0.25) is 24.5 Å². The SMILES string of the molecule is CC(=O)N[C@@H](CC(C)C)C(=O)NCC(=O)Nc1ccc([N+](=O)[O-])cc1. The third kappa shape index (κ3) is 7.42. The van der Waals surface area contributed by atoms with Crippen LogP contribution in [0.5, 0.6) is 0 Å². The lowest BCUT2D eigenvalue weighted by atomic mass is 10.0. The highest BCUT2D eigenvalue weighted by atomic mass is 16.6. The number of carbonyl (C=O) groups excluding carboxylic acids is 3. The highest BCUT2D eigenvalue weighted by Gasteiger charge is 2.21. The Morgan fingerprint density at radius 1 is 1.16 bits per heavy atom. The molecule has 0 radical (unpaired) electrons. The summed E-state index contributed by atoms with van der Waals surface area (Å²) in [6.07, 6.45) is 0.454. The topological polar surface area (TPSA) is 130 Å².